The molecule has 2 aliphatic rings. The number of carbonyl (C=O) groups is 1. The molecule has 2 aromatic heterocycles. The molecule has 0 unspecified atom stereocenters. The van der Waals surface area contributed by atoms with Gasteiger partial charge in [0, 0.05) is 25.8 Å². The monoisotopic (exact) mass is 467 g/mol. The summed E-state index contributed by atoms with van der Waals surface area (Å²) in [4.78, 5) is 18.1. The van der Waals surface area contributed by atoms with Gasteiger partial charge in [-0.05, 0) is 47.5 Å². The molecule has 29 heavy (non-hydrogen) atoms. The van der Waals surface area contributed by atoms with Crippen molar-refractivity contribution >= 4 is 39.3 Å². The van der Waals surface area contributed by atoms with Gasteiger partial charge in [-0.3, -0.25) is 4.90 Å². The van der Waals surface area contributed by atoms with Crippen LogP contribution in [0.25, 0.3) is 5.65 Å². The van der Waals surface area contributed by atoms with E-state index in [1.807, 2.05) is 0 Å². The van der Waals surface area contributed by atoms with Crippen molar-refractivity contribution in [1.82, 2.24) is 14.6 Å². The first-order valence-corrected chi connectivity index (χ1v) is 10.8. The normalized spacial score (nSPS) is 19.5. The molecule has 0 bridgehead atoms. The van der Waals surface area contributed by atoms with Crippen LogP contribution in [-0.4, -0.2) is 62.8 Å². The Morgan fingerprint density at radius 1 is 1.38 bits per heavy atom. The summed E-state index contributed by atoms with van der Waals surface area (Å²) >= 11 is 3.46. The number of halogens is 1. The van der Waals surface area contributed by atoms with Gasteiger partial charge in [0.1, 0.15) is 11.6 Å². The number of nitrogens with one attached hydrogen (secondary N) is 1. The van der Waals surface area contributed by atoms with Crippen molar-refractivity contribution < 1.29 is 19.7 Å². The van der Waals surface area contributed by atoms with E-state index in [1.54, 1.807) is 16.8 Å². The van der Waals surface area contributed by atoms with Crippen molar-refractivity contribution in [2.75, 3.05) is 36.6 Å². The lowest BCUT2D eigenvalue weighted by Gasteiger charge is -2.30. The van der Waals surface area contributed by atoms with Crippen LogP contribution in [0.3, 0.4) is 0 Å². The summed E-state index contributed by atoms with van der Waals surface area (Å²) < 4.78 is 7.63. The van der Waals surface area contributed by atoms with Gasteiger partial charge >= 0.3 is 6.09 Å². The third-order valence-corrected chi connectivity index (χ3v) is 6.52. The van der Waals surface area contributed by atoms with Crippen molar-refractivity contribution in [2.24, 2.45) is 5.92 Å². The minimum atomic E-state index is -1.03. The Bertz CT molecular complexity index is 877. The molecule has 3 N–H and O–H groups in total. The number of ether oxygens (including phenoxy) is 1. The minimum absolute atomic E-state index is 0.0142. The predicted molar refractivity (Wildman–Crippen MR) is 112 cm³/mol. The molecule has 0 radical (unpaired) electrons. The smallest absolute Gasteiger partial charge is 0.413 e. The van der Waals surface area contributed by atoms with E-state index in [0.717, 1.165) is 38.5 Å². The van der Waals surface area contributed by atoms with E-state index >= 15 is 0 Å². The summed E-state index contributed by atoms with van der Waals surface area (Å²) in [5.74, 6) is 1.22. The van der Waals surface area contributed by atoms with Crippen LogP contribution in [0.1, 0.15) is 38.5 Å². The predicted octanol–water partition coefficient (Wildman–Crippen LogP) is 3.12. The second-order valence-corrected chi connectivity index (χ2v) is 8.80. The molecule has 1 aliphatic carbocycles. The second kappa shape index (κ2) is 8.45. The number of rotatable bonds is 6. The van der Waals surface area contributed by atoms with Gasteiger partial charge in [-0.2, -0.15) is 9.61 Å². The van der Waals surface area contributed by atoms with E-state index in [1.165, 1.54) is 4.90 Å². The number of fused-ring (bicyclic) bond motifs is 1. The Labute approximate surface area is 177 Å². The Morgan fingerprint density at radius 2 is 2.10 bits per heavy atom. The first-order valence-electron chi connectivity index (χ1n) is 10.0. The van der Waals surface area contributed by atoms with Crippen LogP contribution in [0, 0.1) is 5.92 Å². The molecule has 158 valence electrons. The summed E-state index contributed by atoms with van der Waals surface area (Å²) in [6.07, 6.45) is 6.06. The van der Waals surface area contributed by atoms with Crippen LogP contribution < -0.4 is 10.2 Å². The topological polar surface area (TPSA) is 112 Å². The van der Waals surface area contributed by atoms with Gasteiger partial charge < -0.3 is 20.3 Å². The number of amides is 1. The standard InChI is InChI=1S/C19H26BrN5O4/c20-14-10-21-25-16(24(18(27)28)11-13-3-7-29-8-4-13)9-15(22-17(14)25)23-19(12-26)5-1-2-6-19/h9-10,13,26H,1-8,11-12H2,(H,22,23)(H,27,28). The summed E-state index contributed by atoms with van der Waals surface area (Å²) in [5, 5.41) is 27.6. The van der Waals surface area contributed by atoms with E-state index in [9.17, 15) is 15.0 Å². The summed E-state index contributed by atoms with van der Waals surface area (Å²) in [5.41, 5.74) is 0.124. The molecule has 1 saturated heterocycles. The molecule has 9 nitrogen and oxygen atoms in total. The Balaban J connectivity index is 1.72. The lowest BCUT2D eigenvalue weighted by molar-refractivity contribution is 0.0680. The molecule has 1 saturated carbocycles. The van der Waals surface area contributed by atoms with Gasteiger partial charge in [0.2, 0.25) is 0 Å². The van der Waals surface area contributed by atoms with Gasteiger partial charge in [-0.1, -0.05) is 12.8 Å². The number of nitrogens with zero attached hydrogens (tertiary/aromatic N) is 4. The molecule has 10 heteroatoms. The average Bonchev–Trinajstić information content (AvgIpc) is 3.34. The molecule has 0 atom stereocenters. The fourth-order valence-electron chi connectivity index (χ4n) is 4.28. The first-order chi connectivity index (χ1) is 14.0. The third kappa shape index (κ3) is 4.19. The Hall–Kier alpha value is -1.91. The number of aliphatic hydroxyl groups is 1. The zero-order valence-corrected chi connectivity index (χ0v) is 17.8. The van der Waals surface area contributed by atoms with Crippen molar-refractivity contribution in [3.8, 4) is 0 Å². The van der Waals surface area contributed by atoms with Crippen molar-refractivity contribution in [2.45, 2.75) is 44.1 Å². The largest absolute Gasteiger partial charge is 0.465 e. The fourth-order valence-corrected chi connectivity index (χ4v) is 4.63. The molecule has 4 rings (SSSR count). The molecule has 1 aliphatic heterocycles. The van der Waals surface area contributed by atoms with Crippen LogP contribution in [0.5, 0.6) is 0 Å². The highest BCUT2D eigenvalue weighted by molar-refractivity contribution is 9.10. The van der Waals surface area contributed by atoms with E-state index in [-0.39, 0.29) is 12.5 Å². The molecular weight excluding hydrogens is 442 g/mol. The Kier molecular flexibility index (Phi) is 5.93. The number of aromatic nitrogens is 3. The molecule has 2 aromatic rings. The highest BCUT2D eigenvalue weighted by atomic mass is 79.9. The SMILES string of the molecule is O=C(O)N(CC1CCOCC1)c1cc(NC2(CO)CCCC2)nc2c(Br)cnn12. The minimum Gasteiger partial charge on any atom is -0.465 e. The number of hydrogen-bond acceptors (Lipinski definition) is 6. The van der Waals surface area contributed by atoms with Crippen LogP contribution in [-0.2, 0) is 4.74 Å². The van der Waals surface area contributed by atoms with Crippen LogP contribution in [0.4, 0.5) is 16.4 Å². The number of anilines is 2. The molecule has 0 spiro atoms. The molecule has 0 aromatic carbocycles. The van der Waals surface area contributed by atoms with Crippen LogP contribution in [0.15, 0.2) is 16.7 Å². The molecular formula is C19H26BrN5O4. The van der Waals surface area contributed by atoms with Gasteiger partial charge in [0.15, 0.2) is 5.65 Å². The molecule has 1 amide bonds. The zero-order valence-electron chi connectivity index (χ0n) is 16.2. The average molecular weight is 468 g/mol. The number of carboxylic acid groups (broad SMARTS) is 1. The van der Waals surface area contributed by atoms with Crippen LogP contribution in [0.2, 0.25) is 0 Å². The van der Waals surface area contributed by atoms with Gasteiger partial charge in [0.25, 0.3) is 0 Å². The fraction of sp³-hybridized carbons (Fsp3) is 0.632. The van der Waals surface area contributed by atoms with Crippen molar-refractivity contribution in [3.63, 3.8) is 0 Å². The maximum absolute atomic E-state index is 12.2. The Morgan fingerprint density at radius 3 is 2.76 bits per heavy atom. The van der Waals surface area contributed by atoms with Gasteiger partial charge in [0.05, 0.1) is 22.8 Å². The highest BCUT2D eigenvalue weighted by Crippen LogP contribution is 2.34. The second-order valence-electron chi connectivity index (χ2n) is 7.95. The third-order valence-electron chi connectivity index (χ3n) is 5.96. The zero-order chi connectivity index (χ0) is 20.4. The molecule has 2 fully saturated rings. The lowest BCUT2D eigenvalue weighted by Crippen LogP contribution is -2.40. The summed E-state index contributed by atoms with van der Waals surface area (Å²) in [7, 11) is 0. The quantitative estimate of drug-likeness (QED) is 0.597. The molecule has 3 heterocycles. The number of hydrogen-bond donors (Lipinski definition) is 3. The summed E-state index contributed by atoms with van der Waals surface area (Å²) in [6.45, 7) is 1.70. The highest BCUT2D eigenvalue weighted by Gasteiger charge is 2.34. The maximum atomic E-state index is 12.2. The van der Waals surface area contributed by atoms with Crippen molar-refractivity contribution in [1.29, 1.82) is 0 Å². The van der Waals surface area contributed by atoms with Crippen molar-refractivity contribution in [3.05, 3.63) is 16.7 Å². The van der Waals surface area contributed by atoms with E-state index in [2.05, 4.69) is 31.3 Å². The van der Waals surface area contributed by atoms with Gasteiger partial charge in [-0.25, -0.2) is 9.78 Å². The van der Waals surface area contributed by atoms with Gasteiger partial charge in [-0.15, -0.1) is 0 Å². The summed E-state index contributed by atoms with van der Waals surface area (Å²) in [6, 6.07) is 1.72. The first kappa shape index (κ1) is 20.4. The van der Waals surface area contributed by atoms with Crippen LogP contribution >= 0.6 is 15.9 Å². The number of aliphatic hydroxyl groups excluding tert-OH is 1. The van der Waals surface area contributed by atoms with E-state index in [0.29, 0.717) is 41.5 Å². The maximum Gasteiger partial charge on any atom is 0.413 e. The van der Waals surface area contributed by atoms with E-state index < -0.39 is 11.6 Å². The lowest BCUT2D eigenvalue weighted by atomic mass is 9.99. The van der Waals surface area contributed by atoms with E-state index in [4.69, 9.17) is 4.74 Å².